The highest BCUT2D eigenvalue weighted by atomic mass is 16.5. The summed E-state index contributed by atoms with van der Waals surface area (Å²) in [5.41, 5.74) is 0.331. The molecule has 0 amide bonds. The Kier molecular flexibility index (Phi) is 8.12. The normalized spacial score (nSPS) is 15.0. The molecule has 0 saturated carbocycles. The third-order valence-corrected chi connectivity index (χ3v) is 5.35. The van der Waals surface area contributed by atoms with Crippen LogP contribution in [0.15, 0.2) is 40.6 Å². The highest BCUT2D eigenvalue weighted by molar-refractivity contribution is 5.74. The van der Waals surface area contributed by atoms with E-state index in [0.717, 1.165) is 6.54 Å². The molecule has 0 aliphatic heterocycles. The van der Waals surface area contributed by atoms with Gasteiger partial charge in [0.15, 0.2) is 22.7 Å². The van der Waals surface area contributed by atoms with E-state index >= 15 is 0 Å². The summed E-state index contributed by atoms with van der Waals surface area (Å²) in [4.78, 5) is 24.7. The number of methoxy groups -OCH3 is 1. The van der Waals surface area contributed by atoms with Gasteiger partial charge in [0, 0.05) is 26.7 Å². The highest BCUT2D eigenvalue weighted by Crippen LogP contribution is 2.24. The molecule has 1 unspecified atom stereocenters. The van der Waals surface area contributed by atoms with E-state index in [1.165, 1.54) is 11.7 Å². The molecule has 0 aromatic carbocycles. The minimum absolute atomic E-state index is 0.0616. The molecule has 0 saturated heterocycles. The van der Waals surface area contributed by atoms with Crippen LogP contribution in [0.4, 0.5) is 5.95 Å². The van der Waals surface area contributed by atoms with E-state index in [-0.39, 0.29) is 17.2 Å². The van der Waals surface area contributed by atoms with Crippen LogP contribution in [0.2, 0.25) is 0 Å². The van der Waals surface area contributed by atoms with Crippen LogP contribution in [0.3, 0.4) is 0 Å². The average molecular weight is 464 g/mol. The maximum absolute atomic E-state index is 13.4. The van der Waals surface area contributed by atoms with Crippen molar-refractivity contribution in [2.45, 2.75) is 20.4 Å². The van der Waals surface area contributed by atoms with E-state index in [1.807, 2.05) is 14.0 Å². The van der Waals surface area contributed by atoms with Crippen LogP contribution in [0.5, 0.6) is 6.01 Å². The van der Waals surface area contributed by atoms with E-state index < -0.39 is 5.92 Å². The molecule has 1 aliphatic rings. The number of allylic oxidation sites excluding steroid dienone is 4. The highest BCUT2D eigenvalue weighted by Gasteiger charge is 2.23. The fourth-order valence-electron chi connectivity index (χ4n) is 3.49. The summed E-state index contributed by atoms with van der Waals surface area (Å²) in [7, 11) is 4.97. The predicted octanol–water partition coefficient (Wildman–Crippen LogP) is 1.70. The van der Waals surface area contributed by atoms with Gasteiger partial charge in [-0.1, -0.05) is 18.1 Å². The van der Waals surface area contributed by atoms with Gasteiger partial charge in [-0.2, -0.15) is 15.2 Å². The van der Waals surface area contributed by atoms with E-state index in [0.29, 0.717) is 42.6 Å². The number of nitrogens with one attached hydrogen (secondary N) is 1. The molecule has 10 heteroatoms. The van der Waals surface area contributed by atoms with Gasteiger partial charge < -0.3 is 19.7 Å². The fraction of sp³-hybridized carbons (Fsp3) is 0.417. The van der Waals surface area contributed by atoms with E-state index in [4.69, 9.17) is 14.5 Å². The van der Waals surface area contributed by atoms with Gasteiger partial charge in [0.05, 0.1) is 25.6 Å². The smallest absolute Gasteiger partial charge is 0.306 e. The first-order valence-electron chi connectivity index (χ1n) is 11.0. The molecule has 178 valence electrons. The van der Waals surface area contributed by atoms with Gasteiger partial charge in [0.25, 0.3) is 5.56 Å². The zero-order valence-electron chi connectivity index (χ0n) is 20.1. The van der Waals surface area contributed by atoms with Crippen LogP contribution >= 0.6 is 0 Å². The van der Waals surface area contributed by atoms with Crippen molar-refractivity contribution < 1.29 is 9.47 Å². The number of rotatable bonds is 9. The first-order chi connectivity index (χ1) is 16.5. The van der Waals surface area contributed by atoms with E-state index in [2.05, 4.69) is 33.1 Å². The Morgan fingerprint density at radius 1 is 1.32 bits per heavy atom. The summed E-state index contributed by atoms with van der Waals surface area (Å²) < 4.78 is 14.5. The summed E-state index contributed by atoms with van der Waals surface area (Å²) in [6, 6.07) is 2.22. The van der Waals surface area contributed by atoms with Crippen molar-refractivity contribution in [3.05, 3.63) is 46.2 Å². The lowest BCUT2D eigenvalue weighted by atomic mass is 10.1. The second kappa shape index (κ2) is 11.2. The third-order valence-electron chi connectivity index (χ3n) is 5.35. The average Bonchev–Trinajstić information content (AvgIpc) is 3.07. The number of imidazole rings is 1. The Morgan fingerprint density at radius 3 is 2.76 bits per heavy atom. The molecule has 1 aliphatic carbocycles. The maximum Gasteiger partial charge on any atom is 0.306 e. The molecule has 0 bridgehead atoms. The summed E-state index contributed by atoms with van der Waals surface area (Å²) >= 11 is 0. The van der Waals surface area contributed by atoms with Crippen LogP contribution in [-0.4, -0.2) is 52.9 Å². The van der Waals surface area contributed by atoms with Crippen molar-refractivity contribution in [3.63, 3.8) is 0 Å². The van der Waals surface area contributed by atoms with Crippen LogP contribution < -0.4 is 20.5 Å². The number of aromatic nitrogens is 4. The monoisotopic (exact) mass is 463 g/mol. The molecule has 2 heterocycles. The molecule has 10 nitrogen and oxygen atoms in total. The number of nitriles is 1. The maximum atomic E-state index is 13.4. The van der Waals surface area contributed by atoms with Crippen molar-refractivity contribution in [3.8, 4) is 23.9 Å². The minimum Gasteiger partial charge on any atom is -0.493 e. The zero-order valence-corrected chi connectivity index (χ0v) is 20.1. The van der Waals surface area contributed by atoms with Crippen LogP contribution in [-0.2, 0) is 18.3 Å². The largest absolute Gasteiger partial charge is 0.493 e. The number of hydrogen-bond acceptors (Lipinski definition) is 8. The molecule has 0 radical (unpaired) electrons. The molecule has 2 aromatic rings. The Balaban J connectivity index is 2.13. The molecule has 2 aromatic heterocycles. The van der Waals surface area contributed by atoms with Crippen LogP contribution in [0.1, 0.15) is 13.8 Å². The van der Waals surface area contributed by atoms with Crippen LogP contribution in [0, 0.1) is 29.1 Å². The molecule has 1 N–H and O–H groups in total. The number of anilines is 1. The van der Waals surface area contributed by atoms with Crippen LogP contribution in [0.25, 0.3) is 11.2 Å². The molecule has 0 fully saturated rings. The van der Waals surface area contributed by atoms with Crippen molar-refractivity contribution in [1.82, 2.24) is 24.4 Å². The standard InChI is InChI=1S/C24H29N7O3/c1-6-8-13-31-20-21(27-23(31)30(7-2)14-12-26-3)28-24(29(4)22(20)32)34-18-11-9-10-17(16-25)15-19(18)33-5/h9-11,15,17,26H,7,12-14H2,1-5H3. The second-order valence-electron chi connectivity index (χ2n) is 7.45. The minimum atomic E-state index is -0.456. The number of ether oxygens (including phenoxy) is 2. The van der Waals surface area contributed by atoms with Gasteiger partial charge in [-0.3, -0.25) is 13.9 Å². The Morgan fingerprint density at radius 2 is 2.12 bits per heavy atom. The summed E-state index contributed by atoms with van der Waals surface area (Å²) in [5, 5.41) is 12.4. The van der Waals surface area contributed by atoms with Crippen molar-refractivity contribution in [1.29, 1.82) is 5.26 Å². The number of nitrogens with zero attached hydrogens (tertiary/aromatic N) is 6. The third kappa shape index (κ3) is 4.98. The summed E-state index contributed by atoms with van der Waals surface area (Å²) in [5.74, 6) is 6.79. The zero-order chi connectivity index (χ0) is 24.7. The second-order valence-corrected chi connectivity index (χ2v) is 7.45. The predicted molar refractivity (Wildman–Crippen MR) is 130 cm³/mol. The van der Waals surface area contributed by atoms with E-state index in [9.17, 15) is 10.1 Å². The Labute approximate surface area is 198 Å². The first-order valence-corrected chi connectivity index (χ1v) is 11.0. The van der Waals surface area contributed by atoms with Gasteiger partial charge in [-0.25, -0.2) is 0 Å². The number of hydrogen-bond donors (Lipinski definition) is 1. The van der Waals surface area contributed by atoms with Gasteiger partial charge in [-0.05, 0) is 33.0 Å². The molecule has 0 spiro atoms. The van der Waals surface area contributed by atoms with Crippen molar-refractivity contribution >= 4 is 17.1 Å². The Hall–Kier alpha value is -4.02. The number of likely N-dealkylation sites (N-methyl/N-ethyl adjacent to an activating group) is 2. The molecule has 3 rings (SSSR count). The fourth-order valence-corrected chi connectivity index (χ4v) is 3.49. The summed E-state index contributed by atoms with van der Waals surface area (Å²) in [6.07, 6.45) is 6.74. The van der Waals surface area contributed by atoms with Gasteiger partial charge in [0.1, 0.15) is 0 Å². The van der Waals surface area contributed by atoms with E-state index in [1.54, 1.807) is 42.8 Å². The summed E-state index contributed by atoms with van der Waals surface area (Å²) in [6.45, 7) is 6.28. The molecule has 34 heavy (non-hydrogen) atoms. The van der Waals surface area contributed by atoms with Gasteiger partial charge in [0.2, 0.25) is 5.95 Å². The lowest BCUT2D eigenvalue weighted by Crippen LogP contribution is -2.33. The first kappa shape index (κ1) is 24.6. The molecule has 1 atom stereocenters. The number of fused-ring (bicyclic) bond motifs is 1. The molecular weight excluding hydrogens is 434 g/mol. The Bertz CT molecular complexity index is 1300. The van der Waals surface area contributed by atoms with Gasteiger partial charge in [-0.15, -0.1) is 5.92 Å². The van der Waals surface area contributed by atoms with Gasteiger partial charge >= 0.3 is 6.01 Å². The molecular formula is C24H29N7O3. The van der Waals surface area contributed by atoms with Crippen molar-refractivity contribution in [2.24, 2.45) is 13.0 Å². The SMILES string of the molecule is CC#CCn1c(N(CC)CCNC)nc2nc(OC3=CC=CC(C#N)C=C3OC)n(C)c(=O)c21. The lowest BCUT2D eigenvalue weighted by molar-refractivity contribution is 0.252. The lowest BCUT2D eigenvalue weighted by Gasteiger charge is -2.22. The topological polar surface area (TPSA) is 110 Å². The quantitative estimate of drug-likeness (QED) is 0.560. The van der Waals surface area contributed by atoms with Crippen molar-refractivity contribution in [2.75, 3.05) is 38.7 Å².